The van der Waals surface area contributed by atoms with Crippen molar-refractivity contribution < 1.29 is 17.9 Å². The fourth-order valence-corrected chi connectivity index (χ4v) is 3.17. The molecule has 0 amide bonds. The summed E-state index contributed by atoms with van der Waals surface area (Å²) < 4.78 is 27.4. The summed E-state index contributed by atoms with van der Waals surface area (Å²) in [5, 5.41) is 5.67. The summed E-state index contributed by atoms with van der Waals surface area (Å²) in [6, 6.07) is 6.02. The van der Waals surface area contributed by atoms with Crippen molar-refractivity contribution in [3.63, 3.8) is 0 Å². The highest BCUT2D eigenvalue weighted by atomic mass is 32.2. The zero-order valence-electron chi connectivity index (χ0n) is 11.5. The number of benzene rings is 1. The minimum atomic E-state index is -3.72. The smallest absolute Gasteiger partial charge is 0.350 e. The number of hydrogen-bond donors (Lipinski definition) is 1. The van der Waals surface area contributed by atoms with E-state index in [2.05, 4.69) is 4.98 Å². The standard InChI is InChI=1S/C13H14N2O4S2/c1-3-19-13(16)11-8(2)15-12(20-11)9-4-6-10(7-5-9)21(14,17)18/h4-7H,3H2,1-2H3,(H2,14,17,18). The van der Waals surface area contributed by atoms with E-state index in [1.54, 1.807) is 26.0 Å². The van der Waals surface area contributed by atoms with E-state index in [0.29, 0.717) is 27.7 Å². The molecule has 0 spiro atoms. The molecule has 2 N–H and O–H groups in total. The summed E-state index contributed by atoms with van der Waals surface area (Å²) in [5.41, 5.74) is 1.30. The van der Waals surface area contributed by atoms with Crippen molar-refractivity contribution in [1.82, 2.24) is 4.98 Å². The van der Waals surface area contributed by atoms with Crippen LogP contribution in [0.3, 0.4) is 0 Å². The van der Waals surface area contributed by atoms with Gasteiger partial charge in [0.2, 0.25) is 10.0 Å². The number of carbonyl (C=O) groups excluding carboxylic acids is 1. The predicted octanol–water partition coefficient (Wildman–Crippen LogP) is 1.94. The van der Waals surface area contributed by atoms with Crippen molar-refractivity contribution in [3.05, 3.63) is 34.8 Å². The molecule has 0 bridgehead atoms. The van der Waals surface area contributed by atoms with Crippen LogP contribution in [0.1, 0.15) is 22.3 Å². The van der Waals surface area contributed by atoms with Crippen LogP contribution in [0.5, 0.6) is 0 Å². The second kappa shape index (κ2) is 5.92. The van der Waals surface area contributed by atoms with Gasteiger partial charge < -0.3 is 4.74 Å². The minimum absolute atomic E-state index is 0.0325. The average Bonchev–Trinajstić information content (AvgIpc) is 2.80. The molecule has 0 aliphatic carbocycles. The Morgan fingerprint density at radius 3 is 2.48 bits per heavy atom. The van der Waals surface area contributed by atoms with Crippen LogP contribution < -0.4 is 5.14 Å². The maximum atomic E-state index is 11.7. The number of carbonyl (C=O) groups is 1. The van der Waals surface area contributed by atoms with Crippen molar-refractivity contribution in [2.24, 2.45) is 5.14 Å². The van der Waals surface area contributed by atoms with E-state index in [9.17, 15) is 13.2 Å². The highest BCUT2D eigenvalue weighted by Gasteiger charge is 2.17. The van der Waals surface area contributed by atoms with Crippen LogP contribution in [-0.4, -0.2) is 26.0 Å². The Hall–Kier alpha value is -1.77. The second-order valence-electron chi connectivity index (χ2n) is 4.22. The molecule has 2 aromatic rings. The van der Waals surface area contributed by atoms with E-state index in [-0.39, 0.29) is 4.90 Å². The third kappa shape index (κ3) is 3.46. The van der Waals surface area contributed by atoms with Gasteiger partial charge in [0.05, 0.1) is 17.2 Å². The largest absolute Gasteiger partial charge is 0.462 e. The molecule has 21 heavy (non-hydrogen) atoms. The molecule has 0 fully saturated rings. The Morgan fingerprint density at radius 2 is 1.95 bits per heavy atom. The van der Waals surface area contributed by atoms with Crippen LogP contribution >= 0.6 is 11.3 Å². The number of hydrogen-bond acceptors (Lipinski definition) is 6. The molecular formula is C13H14N2O4S2. The van der Waals surface area contributed by atoms with Crippen molar-refractivity contribution in [1.29, 1.82) is 0 Å². The van der Waals surface area contributed by atoms with Gasteiger partial charge >= 0.3 is 5.97 Å². The first-order valence-corrected chi connectivity index (χ1v) is 8.47. The third-order valence-electron chi connectivity index (χ3n) is 2.69. The molecular weight excluding hydrogens is 312 g/mol. The van der Waals surface area contributed by atoms with Crippen LogP contribution in [0.25, 0.3) is 10.6 Å². The van der Waals surface area contributed by atoms with E-state index in [1.807, 2.05) is 0 Å². The molecule has 0 saturated carbocycles. The maximum Gasteiger partial charge on any atom is 0.350 e. The molecule has 2 rings (SSSR count). The summed E-state index contributed by atoms with van der Waals surface area (Å²) in [6.45, 7) is 3.76. The molecule has 1 aromatic carbocycles. The topological polar surface area (TPSA) is 99.4 Å². The van der Waals surface area contributed by atoms with E-state index >= 15 is 0 Å². The van der Waals surface area contributed by atoms with E-state index in [1.165, 1.54) is 23.5 Å². The lowest BCUT2D eigenvalue weighted by Crippen LogP contribution is -2.11. The second-order valence-corrected chi connectivity index (χ2v) is 6.78. The van der Waals surface area contributed by atoms with Gasteiger partial charge in [-0.3, -0.25) is 0 Å². The number of thiazole rings is 1. The lowest BCUT2D eigenvalue weighted by molar-refractivity contribution is 0.0531. The van der Waals surface area contributed by atoms with Gasteiger partial charge in [0, 0.05) is 5.56 Å². The van der Waals surface area contributed by atoms with Crippen LogP contribution in [0, 0.1) is 6.92 Å². The number of nitrogens with zero attached hydrogens (tertiary/aromatic N) is 1. The summed E-state index contributed by atoms with van der Waals surface area (Å²) in [4.78, 5) is 16.5. The number of sulfonamides is 1. The van der Waals surface area contributed by atoms with Gasteiger partial charge in [-0.2, -0.15) is 0 Å². The van der Waals surface area contributed by atoms with Gasteiger partial charge in [-0.15, -0.1) is 11.3 Å². The zero-order valence-corrected chi connectivity index (χ0v) is 13.1. The predicted molar refractivity (Wildman–Crippen MR) is 79.6 cm³/mol. The first-order chi connectivity index (χ1) is 9.82. The highest BCUT2D eigenvalue weighted by Crippen LogP contribution is 2.29. The van der Waals surface area contributed by atoms with E-state index in [4.69, 9.17) is 9.88 Å². The molecule has 0 aliphatic rings. The minimum Gasteiger partial charge on any atom is -0.462 e. The van der Waals surface area contributed by atoms with Crippen LogP contribution in [0.15, 0.2) is 29.2 Å². The number of primary sulfonamides is 1. The van der Waals surface area contributed by atoms with Gasteiger partial charge in [-0.1, -0.05) is 12.1 Å². The van der Waals surface area contributed by atoms with Gasteiger partial charge in [0.1, 0.15) is 9.88 Å². The number of esters is 1. The zero-order chi connectivity index (χ0) is 15.6. The number of aryl methyl sites for hydroxylation is 1. The Morgan fingerprint density at radius 1 is 1.33 bits per heavy atom. The lowest BCUT2D eigenvalue weighted by atomic mass is 10.2. The van der Waals surface area contributed by atoms with Crippen LogP contribution in [0.4, 0.5) is 0 Å². The molecule has 0 atom stereocenters. The van der Waals surface area contributed by atoms with Gasteiger partial charge in [-0.25, -0.2) is 23.3 Å². The monoisotopic (exact) mass is 326 g/mol. The summed E-state index contributed by atoms with van der Waals surface area (Å²) in [5.74, 6) is -0.403. The number of ether oxygens (including phenoxy) is 1. The first-order valence-electron chi connectivity index (χ1n) is 6.10. The van der Waals surface area contributed by atoms with Crippen LogP contribution in [0.2, 0.25) is 0 Å². The molecule has 0 saturated heterocycles. The summed E-state index contributed by atoms with van der Waals surface area (Å²) in [7, 11) is -3.72. The Bertz CT molecular complexity index is 764. The molecule has 1 heterocycles. The van der Waals surface area contributed by atoms with Gasteiger partial charge in [0.25, 0.3) is 0 Å². The molecule has 1 aromatic heterocycles. The Kier molecular flexibility index (Phi) is 4.40. The van der Waals surface area contributed by atoms with E-state index < -0.39 is 16.0 Å². The number of nitrogens with two attached hydrogens (primary N) is 1. The van der Waals surface area contributed by atoms with Crippen molar-refractivity contribution >= 4 is 27.3 Å². The fourth-order valence-electron chi connectivity index (χ4n) is 1.69. The van der Waals surface area contributed by atoms with Crippen molar-refractivity contribution in [2.45, 2.75) is 18.7 Å². The molecule has 8 heteroatoms. The van der Waals surface area contributed by atoms with E-state index in [0.717, 1.165) is 0 Å². The van der Waals surface area contributed by atoms with Crippen molar-refractivity contribution in [3.8, 4) is 10.6 Å². The number of aromatic nitrogens is 1. The van der Waals surface area contributed by atoms with Gasteiger partial charge in [-0.05, 0) is 26.0 Å². The molecule has 6 nitrogen and oxygen atoms in total. The van der Waals surface area contributed by atoms with Crippen molar-refractivity contribution in [2.75, 3.05) is 6.61 Å². The first kappa shape index (κ1) is 15.6. The number of rotatable bonds is 4. The molecule has 112 valence electrons. The molecule has 0 aliphatic heterocycles. The maximum absolute atomic E-state index is 11.7. The lowest BCUT2D eigenvalue weighted by Gasteiger charge is -1.99. The summed E-state index contributed by atoms with van der Waals surface area (Å²) in [6.07, 6.45) is 0. The third-order valence-corrected chi connectivity index (χ3v) is 4.80. The summed E-state index contributed by atoms with van der Waals surface area (Å²) >= 11 is 1.21. The quantitative estimate of drug-likeness (QED) is 0.866. The fraction of sp³-hybridized carbons (Fsp3) is 0.231. The normalized spacial score (nSPS) is 11.4. The molecule has 0 unspecified atom stereocenters. The average molecular weight is 326 g/mol. The van der Waals surface area contributed by atoms with Crippen LogP contribution in [-0.2, 0) is 14.8 Å². The SMILES string of the molecule is CCOC(=O)c1sc(-c2ccc(S(N)(=O)=O)cc2)nc1C. The highest BCUT2D eigenvalue weighted by molar-refractivity contribution is 7.89. The Labute approximate surface area is 126 Å². The molecule has 0 radical (unpaired) electrons. The van der Waals surface area contributed by atoms with Gasteiger partial charge in [0.15, 0.2) is 0 Å². The Balaban J connectivity index is 2.35.